The van der Waals surface area contributed by atoms with Crippen LogP contribution < -0.4 is 15.9 Å². The Morgan fingerprint density at radius 1 is 1.13 bits per heavy atom. The minimum atomic E-state index is -0.342. The Hall–Kier alpha value is -2.65. The summed E-state index contributed by atoms with van der Waals surface area (Å²) in [7, 11) is 3.46. The molecule has 1 aliphatic heterocycles. The molecule has 1 aromatic heterocycles. The van der Waals surface area contributed by atoms with Gasteiger partial charge in [-0.25, -0.2) is 10.2 Å². The van der Waals surface area contributed by atoms with E-state index in [-0.39, 0.29) is 18.2 Å². The third kappa shape index (κ3) is 4.41. The number of rotatable bonds is 6. The second-order valence-electron chi connectivity index (χ2n) is 6.87. The lowest BCUT2D eigenvalue weighted by Gasteiger charge is -2.10. The van der Waals surface area contributed by atoms with Crippen molar-refractivity contribution in [3.63, 3.8) is 0 Å². The summed E-state index contributed by atoms with van der Waals surface area (Å²) in [5, 5.41) is 3.98. The molecular weight excluding hydrogens is 420 g/mol. The molecule has 1 saturated heterocycles. The summed E-state index contributed by atoms with van der Waals surface area (Å²) in [6.45, 7) is -0.115. The van der Waals surface area contributed by atoms with Crippen molar-refractivity contribution in [2.24, 2.45) is 19.2 Å². The molecule has 0 atom stereocenters. The van der Waals surface area contributed by atoms with E-state index in [4.69, 9.17) is 4.74 Å². The fourth-order valence-electron chi connectivity index (χ4n) is 3.24. The normalized spacial score (nSPS) is 14.6. The zero-order valence-corrected chi connectivity index (χ0v) is 18.3. The van der Waals surface area contributed by atoms with Crippen LogP contribution in [0.15, 0.2) is 52.4 Å². The van der Waals surface area contributed by atoms with Crippen LogP contribution in [-0.2, 0) is 18.9 Å². The van der Waals surface area contributed by atoms with Crippen LogP contribution in [0.3, 0.4) is 0 Å². The zero-order chi connectivity index (χ0) is 21.1. The van der Waals surface area contributed by atoms with Gasteiger partial charge >= 0.3 is 5.69 Å². The van der Waals surface area contributed by atoms with Crippen LogP contribution in [0, 0.1) is 0 Å². The third-order valence-electron chi connectivity index (χ3n) is 4.84. The number of ether oxygens (including phenoxy) is 1. The van der Waals surface area contributed by atoms with E-state index in [1.165, 1.54) is 17.1 Å². The lowest BCUT2D eigenvalue weighted by Crippen LogP contribution is -2.24. The predicted octanol–water partition coefficient (Wildman–Crippen LogP) is 2.88. The number of carbonyl (C=O) groups is 1. The number of nitrogens with zero attached hydrogens (tertiary/aromatic N) is 3. The van der Waals surface area contributed by atoms with Crippen LogP contribution in [0.2, 0.25) is 0 Å². The number of imidazole rings is 1. The first-order chi connectivity index (χ1) is 14.5. The van der Waals surface area contributed by atoms with Gasteiger partial charge in [0.05, 0.1) is 21.8 Å². The monoisotopic (exact) mass is 442 g/mol. The summed E-state index contributed by atoms with van der Waals surface area (Å²) in [6.07, 6.45) is 1.54. The highest BCUT2D eigenvalue weighted by molar-refractivity contribution is 8.19. The van der Waals surface area contributed by atoms with Crippen molar-refractivity contribution in [3.8, 4) is 5.75 Å². The molecular formula is C21H22N4O3S2. The SMILES string of the molecule is Cn1c(=O)n(C)c2cc(/C=N\NC(=O)COc3ccc(C4SCCS4)cc3)ccc21. The van der Waals surface area contributed by atoms with Crippen molar-refractivity contribution >= 4 is 46.7 Å². The van der Waals surface area contributed by atoms with Gasteiger partial charge in [0.25, 0.3) is 5.91 Å². The fraction of sp³-hybridized carbons (Fsp3) is 0.286. The number of benzene rings is 2. The van der Waals surface area contributed by atoms with Gasteiger partial charge < -0.3 is 4.74 Å². The maximum absolute atomic E-state index is 12.0. The number of thioether (sulfide) groups is 2. The number of hydrazone groups is 1. The van der Waals surface area contributed by atoms with Crippen LogP contribution in [0.25, 0.3) is 11.0 Å². The summed E-state index contributed by atoms with van der Waals surface area (Å²) in [5.41, 5.74) is 6.08. The van der Waals surface area contributed by atoms with Gasteiger partial charge in [-0.1, -0.05) is 18.2 Å². The molecule has 0 spiro atoms. The molecule has 2 aromatic carbocycles. The first-order valence-corrected chi connectivity index (χ1v) is 11.6. The Bertz CT molecular complexity index is 1150. The molecule has 0 bridgehead atoms. The summed E-state index contributed by atoms with van der Waals surface area (Å²) < 4.78 is 9.20. The second-order valence-corrected chi connectivity index (χ2v) is 9.60. The zero-order valence-electron chi connectivity index (χ0n) is 16.7. The van der Waals surface area contributed by atoms with E-state index in [2.05, 4.69) is 22.7 Å². The quantitative estimate of drug-likeness (QED) is 0.469. The number of nitrogens with one attached hydrogen (secondary N) is 1. The molecule has 0 saturated carbocycles. The summed E-state index contributed by atoms with van der Waals surface area (Å²) in [5.74, 6) is 2.68. The smallest absolute Gasteiger partial charge is 0.328 e. The van der Waals surface area contributed by atoms with E-state index < -0.39 is 0 Å². The van der Waals surface area contributed by atoms with E-state index in [0.717, 1.165) is 16.6 Å². The summed E-state index contributed by atoms with van der Waals surface area (Å²) in [4.78, 5) is 24.0. The molecule has 0 aliphatic carbocycles. The van der Waals surface area contributed by atoms with E-state index >= 15 is 0 Å². The molecule has 1 N–H and O–H groups in total. The first-order valence-electron chi connectivity index (χ1n) is 9.46. The lowest BCUT2D eigenvalue weighted by molar-refractivity contribution is -0.123. The van der Waals surface area contributed by atoms with Gasteiger partial charge in [-0.15, -0.1) is 23.5 Å². The van der Waals surface area contributed by atoms with Gasteiger partial charge in [-0.05, 0) is 35.4 Å². The average molecular weight is 443 g/mol. The average Bonchev–Trinajstić information content (AvgIpc) is 3.37. The van der Waals surface area contributed by atoms with E-state index in [1.807, 2.05) is 53.9 Å². The molecule has 0 unspecified atom stereocenters. The Morgan fingerprint density at radius 2 is 1.83 bits per heavy atom. The molecule has 4 rings (SSSR count). The molecule has 1 amide bonds. The van der Waals surface area contributed by atoms with Crippen molar-refractivity contribution < 1.29 is 9.53 Å². The Kier molecular flexibility index (Phi) is 6.19. The Morgan fingerprint density at radius 3 is 2.57 bits per heavy atom. The van der Waals surface area contributed by atoms with Crippen LogP contribution in [-0.4, -0.2) is 39.4 Å². The number of aryl methyl sites for hydroxylation is 2. The maximum atomic E-state index is 12.0. The first kappa shape index (κ1) is 20.6. The van der Waals surface area contributed by atoms with Crippen LogP contribution in [0.5, 0.6) is 5.75 Å². The fourth-order valence-corrected chi connectivity index (χ4v) is 6.10. The standard InChI is InChI=1S/C21H22N4O3S2/c1-24-17-8-3-14(11-18(17)25(2)21(24)27)12-22-23-19(26)13-28-16-6-4-15(5-7-16)20-29-9-10-30-20/h3-8,11-12,20H,9-10,13H2,1-2H3,(H,23,26)/b22-12-. The largest absolute Gasteiger partial charge is 0.484 e. The second kappa shape index (κ2) is 9.01. The van der Waals surface area contributed by atoms with Crippen molar-refractivity contribution in [3.05, 3.63) is 64.1 Å². The minimum absolute atomic E-state index is 0.0849. The van der Waals surface area contributed by atoms with Crippen molar-refractivity contribution in [2.45, 2.75) is 4.58 Å². The van der Waals surface area contributed by atoms with Gasteiger partial charge in [0, 0.05) is 25.6 Å². The highest BCUT2D eigenvalue weighted by atomic mass is 32.2. The molecule has 1 aliphatic rings. The molecule has 1 fully saturated rings. The molecule has 7 nitrogen and oxygen atoms in total. The Balaban J connectivity index is 1.30. The third-order valence-corrected chi connectivity index (χ3v) is 7.95. The van der Waals surface area contributed by atoms with Gasteiger partial charge in [-0.2, -0.15) is 5.10 Å². The van der Waals surface area contributed by atoms with Crippen LogP contribution in [0.4, 0.5) is 0 Å². The summed E-state index contributed by atoms with van der Waals surface area (Å²) in [6, 6.07) is 13.4. The maximum Gasteiger partial charge on any atom is 0.328 e. The molecule has 30 heavy (non-hydrogen) atoms. The number of hydrogen-bond donors (Lipinski definition) is 1. The van der Waals surface area contributed by atoms with E-state index in [1.54, 1.807) is 29.4 Å². The van der Waals surface area contributed by atoms with Crippen LogP contribution in [0.1, 0.15) is 15.7 Å². The topological polar surface area (TPSA) is 77.6 Å². The molecule has 3 aromatic rings. The lowest BCUT2D eigenvalue weighted by atomic mass is 10.2. The molecule has 156 valence electrons. The van der Waals surface area contributed by atoms with E-state index in [9.17, 15) is 9.59 Å². The number of carbonyl (C=O) groups excluding carboxylic acids is 1. The highest BCUT2D eigenvalue weighted by Crippen LogP contribution is 2.45. The van der Waals surface area contributed by atoms with Crippen molar-refractivity contribution in [2.75, 3.05) is 18.1 Å². The summed E-state index contributed by atoms with van der Waals surface area (Å²) >= 11 is 3.91. The van der Waals surface area contributed by atoms with Crippen LogP contribution >= 0.6 is 23.5 Å². The Labute approximate surface area is 182 Å². The predicted molar refractivity (Wildman–Crippen MR) is 123 cm³/mol. The number of fused-ring (bicyclic) bond motifs is 1. The number of hydrogen-bond acceptors (Lipinski definition) is 6. The highest BCUT2D eigenvalue weighted by Gasteiger charge is 2.18. The van der Waals surface area contributed by atoms with Gasteiger partial charge in [0.1, 0.15) is 5.75 Å². The van der Waals surface area contributed by atoms with Gasteiger partial charge in [0.2, 0.25) is 0 Å². The molecule has 2 heterocycles. The number of aromatic nitrogens is 2. The van der Waals surface area contributed by atoms with Crippen molar-refractivity contribution in [1.29, 1.82) is 0 Å². The van der Waals surface area contributed by atoms with Gasteiger partial charge in [0.15, 0.2) is 6.61 Å². The van der Waals surface area contributed by atoms with Crippen molar-refractivity contribution in [1.82, 2.24) is 14.6 Å². The number of amides is 1. The van der Waals surface area contributed by atoms with E-state index in [0.29, 0.717) is 10.3 Å². The van der Waals surface area contributed by atoms with Gasteiger partial charge in [-0.3, -0.25) is 13.9 Å². The molecule has 0 radical (unpaired) electrons. The minimum Gasteiger partial charge on any atom is -0.484 e. The molecule has 9 heteroatoms.